The van der Waals surface area contributed by atoms with Gasteiger partial charge in [-0.1, -0.05) is 7.43 Å². The van der Waals surface area contributed by atoms with Crippen molar-refractivity contribution in [3.05, 3.63) is 0 Å². The SMILES string of the molecule is C.CCOO.CCOP(C)(C)=O.CP(=O)(O)O.CP(C)(C)=O. The molecule has 0 unspecified atom stereocenters. The maximum Gasteiger partial charge on any atom is 0.322 e. The minimum atomic E-state index is -3.64. The Hall–Kier alpha value is 0.490. The summed E-state index contributed by atoms with van der Waals surface area (Å²) < 4.78 is 34.9. The van der Waals surface area contributed by atoms with Gasteiger partial charge in [0.15, 0.2) is 7.37 Å². The van der Waals surface area contributed by atoms with Crippen LogP contribution in [-0.2, 0) is 23.1 Å². The van der Waals surface area contributed by atoms with Gasteiger partial charge in [-0.2, -0.15) is 0 Å². The van der Waals surface area contributed by atoms with Crippen molar-refractivity contribution in [1.29, 1.82) is 0 Å². The first-order chi connectivity index (χ1) is 8.97. The number of hydrogen-bond acceptors (Lipinski definition) is 6. The van der Waals surface area contributed by atoms with E-state index in [-0.39, 0.29) is 7.43 Å². The first-order valence-electron chi connectivity index (χ1n) is 5.99. The topological polar surface area (TPSA) is 130 Å². The predicted molar refractivity (Wildman–Crippen MR) is 95.4 cm³/mol. The molecule has 0 fully saturated rings. The molecule has 11 heteroatoms. The Morgan fingerprint density at radius 1 is 0.818 bits per heavy atom. The molecular weight excluding hydrogens is 353 g/mol. The molecule has 3 N–H and O–H groups in total. The number of rotatable bonds is 3. The summed E-state index contributed by atoms with van der Waals surface area (Å²) in [5, 5.41) is 7.38. The van der Waals surface area contributed by atoms with E-state index in [1.807, 2.05) is 6.92 Å². The van der Waals surface area contributed by atoms with Gasteiger partial charge in [0.2, 0.25) is 0 Å². The van der Waals surface area contributed by atoms with Crippen LogP contribution in [0.5, 0.6) is 0 Å². The van der Waals surface area contributed by atoms with Crippen LogP contribution in [0.25, 0.3) is 0 Å². The lowest BCUT2D eigenvalue weighted by Crippen LogP contribution is -1.82. The molecule has 0 radical (unpaired) electrons. The molecule has 0 aromatic rings. The van der Waals surface area contributed by atoms with Crippen LogP contribution in [0.3, 0.4) is 0 Å². The molecule has 22 heavy (non-hydrogen) atoms. The van der Waals surface area contributed by atoms with Crippen molar-refractivity contribution in [2.24, 2.45) is 0 Å². The van der Waals surface area contributed by atoms with Crippen molar-refractivity contribution < 1.29 is 38.2 Å². The van der Waals surface area contributed by atoms with E-state index in [0.29, 0.717) is 13.2 Å². The summed E-state index contributed by atoms with van der Waals surface area (Å²) >= 11 is 0. The Balaban J connectivity index is -0.0000000588. The van der Waals surface area contributed by atoms with Gasteiger partial charge < -0.3 is 18.9 Å². The zero-order valence-electron chi connectivity index (χ0n) is 14.1. The molecule has 0 atom stereocenters. The highest BCUT2D eigenvalue weighted by molar-refractivity contribution is 7.61. The van der Waals surface area contributed by atoms with Crippen LogP contribution in [0.1, 0.15) is 21.3 Å². The normalized spacial score (nSPS) is 10.5. The molecule has 0 heterocycles. The Bertz CT molecular complexity index is 303. The first-order valence-corrected chi connectivity index (χ1v) is 13.6. The van der Waals surface area contributed by atoms with Crippen LogP contribution >= 0.6 is 22.1 Å². The van der Waals surface area contributed by atoms with Crippen LogP contribution < -0.4 is 0 Å². The molecule has 0 aliphatic rings. The molecule has 142 valence electrons. The molecule has 0 aromatic heterocycles. The molecule has 0 rings (SSSR count). The molecule has 0 aliphatic carbocycles. The van der Waals surface area contributed by atoms with Gasteiger partial charge >= 0.3 is 7.60 Å². The Labute approximate surface area is 135 Å². The minimum Gasteiger partial charge on any atom is -0.329 e. The Morgan fingerprint density at radius 2 is 1.00 bits per heavy atom. The average Bonchev–Trinajstić information content (AvgIpc) is 2.10. The van der Waals surface area contributed by atoms with Crippen molar-refractivity contribution in [1.82, 2.24) is 0 Å². The van der Waals surface area contributed by atoms with Gasteiger partial charge in [0.05, 0.1) is 20.4 Å². The van der Waals surface area contributed by atoms with E-state index in [9.17, 15) is 13.7 Å². The largest absolute Gasteiger partial charge is 0.329 e. The number of hydrogen-bond donors (Lipinski definition) is 3. The second-order valence-electron chi connectivity index (χ2n) is 4.81. The summed E-state index contributed by atoms with van der Waals surface area (Å²) in [6, 6.07) is 0. The highest BCUT2D eigenvalue weighted by Crippen LogP contribution is 2.36. The van der Waals surface area contributed by atoms with E-state index in [1.165, 1.54) is 0 Å². The summed E-state index contributed by atoms with van der Waals surface area (Å²) in [5.41, 5.74) is 0. The third kappa shape index (κ3) is 258. The predicted octanol–water partition coefficient (Wildman–Crippen LogP) is 3.73. The zero-order chi connectivity index (χ0) is 18.3. The van der Waals surface area contributed by atoms with Crippen LogP contribution in [0.4, 0.5) is 0 Å². The second kappa shape index (κ2) is 17.8. The monoisotopic (exact) mass is 388 g/mol. The lowest BCUT2D eigenvalue weighted by atomic mass is 10.9. The van der Waals surface area contributed by atoms with Crippen LogP contribution in [0.2, 0.25) is 0 Å². The summed E-state index contributed by atoms with van der Waals surface area (Å²) in [6.45, 7) is 13.8. The van der Waals surface area contributed by atoms with E-state index in [0.717, 1.165) is 6.66 Å². The molecular formula is C11H35O8P3. The lowest BCUT2D eigenvalue weighted by molar-refractivity contribution is -0.237. The summed E-state index contributed by atoms with van der Waals surface area (Å²) in [7, 11) is -7.44. The fraction of sp³-hybridized carbons (Fsp3) is 1.00. The minimum absolute atomic E-state index is 0. The molecule has 0 amide bonds. The summed E-state index contributed by atoms with van der Waals surface area (Å²) in [5.74, 6) is 0. The average molecular weight is 388 g/mol. The van der Waals surface area contributed by atoms with Gasteiger partial charge in [0, 0.05) is 20.0 Å². The molecule has 0 aliphatic heterocycles. The zero-order valence-corrected chi connectivity index (χ0v) is 16.8. The van der Waals surface area contributed by atoms with Crippen LogP contribution in [0, 0.1) is 0 Å². The summed E-state index contributed by atoms with van der Waals surface area (Å²) in [4.78, 5) is 18.8. The molecule has 0 saturated heterocycles. The van der Waals surface area contributed by atoms with Gasteiger partial charge in [0.25, 0.3) is 0 Å². The highest BCUT2D eigenvalue weighted by atomic mass is 31.2. The molecule has 0 bridgehead atoms. The van der Waals surface area contributed by atoms with Gasteiger partial charge in [-0.25, -0.2) is 4.89 Å². The van der Waals surface area contributed by atoms with Crippen LogP contribution in [-0.4, -0.2) is 68.2 Å². The molecule has 0 aromatic carbocycles. The van der Waals surface area contributed by atoms with E-state index < -0.39 is 22.1 Å². The second-order valence-corrected chi connectivity index (χ2v) is 13.0. The van der Waals surface area contributed by atoms with Crippen molar-refractivity contribution in [2.45, 2.75) is 21.3 Å². The maximum atomic E-state index is 10.6. The standard InChI is InChI=1S/C4H11O2P.C3H9OP.C2H6O2.CH5O3P.CH4/c1-4-6-7(2,3)5;1-5(2,3)4;1-2-4-3;1-5(2,3)4;/h4H2,1-3H3;1-3H3;3H,2H2,1H3;1H3,(H2,2,3,4);1H4. The Kier molecular flexibility index (Phi) is 27.5. The molecule has 0 saturated carbocycles. The maximum absolute atomic E-state index is 10.6. The van der Waals surface area contributed by atoms with Gasteiger partial charge in [-0.3, -0.25) is 14.4 Å². The summed E-state index contributed by atoms with van der Waals surface area (Å²) in [6.07, 6.45) is 0. The van der Waals surface area contributed by atoms with E-state index in [4.69, 9.17) is 19.6 Å². The van der Waals surface area contributed by atoms with E-state index in [2.05, 4.69) is 4.89 Å². The Morgan fingerprint density at radius 3 is 1.00 bits per heavy atom. The van der Waals surface area contributed by atoms with E-state index >= 15 is 0 Å². The lowest BCUT2D eigenvalue weighted by Gasteiger charge is -2.02. The molecule has 0 spiro atoms. The fourth-order valence-corrected chi connectivity index (χ4v) is 0.933. The molecule has 8 nitrogen and oxygen atoms in total. The smallest absolute Gasteiger partial charge is 0.322 e. The van der Waals surface area contributed by atoms with Crippen LogP contribution in [0.15, 0.2) is 0 Å². The van der Waals surface area contributed by atoms with E-state index in [1.54, 1.807) is 40.2 Å². The van der Waals surface area contributed by atoms with Crippen molar-refractivity contribution in [3.63, 3.8) is 0 Å². The van der Waals surface area contributed by atoms with Gasteiger partial charge in [-0.05, 0) is 33.8 Å². The quantitative estimate of drug-likeness (QED) is 0.379. The van der Waals surface area contributed by atoms with Gasteiger partial charge in [0.1, 0.15) is 0 Å². The fourth-order valence-electron chi connectivity index (χ4n) is 0.311. The van der Waals surface area contributed by atoms with Crippen molar-refractivity contribution >= 4 is 22.1 Å². The van der Waals surface area contributed by atoms with Crippen molar-refractivity contribution in [2.75, 3.05) is 53.2 Å². The van der Waals surface area contributed by atoms with Gasteiger partial charge in [-0.15, -0.1) is 0 Å². The highest BCUT2D eigenvalue weighted by Gasteiger charge is 2.02. The van der Waals surface area contributed by atoms with Crippen molar-refractivity contribution in [3.8, 4) is 0 Å². The third-order valence-electron chi connectivity index (χ3n) is 0.569. The third-order valence-corrected chi connectivity index (χ3v) is 1.45. The first kappa shape index (κ1) is 34.0.